The Morgan fingerprint density at radius 3 is 2.36 bits per heavy atom. The molecule has 0 spiro atoms. The molecule has 1 N–H and O–H groups in total. The van der Waals surface area contributed by atoms with Gasteiger partial charge in [-0.25, -0.2) is 4.68 Å². The average molecular weight is 354 g/mol. The van der Waals surface area contributed by atoms with Crippen molar-refractivity contribution >= 4 is 17.5 Å². The molecule has 1 amide bonds. The Kier molecular flexibility index (Phi) is 5.19. The molecule has 1 aromatic heterocycles. The second-order valence-electron chi connectivity index (χ2n) is 6.02. The molecule has 3 rings (SSSR count). The highest BCUT2D eigenvalue weighted by molar-refractivity contribution is 6.33. The largest absolute Gasteiger partial charge is 0.351 e. The predicted molar refractivity (Wildman–Crippen MR) is 101 cm³/mol. The van der Waals surface area contributed by atoms with Gasteiger partial charge >= 0.3 is 0 Å². The number of hydrogen-bond acceptors (Lipinski definition) is 2. The maximum Gasteiger partial charge on any atom is 0.256 e. The van der Waals surface area contributed by atoms with Gasteiger partial charge in [-0.2, -0.15) is 5.10 Å². The first-order valence-electron chi connectivity index (χ1n) is 8.21. The number of benzene rings is 2. The summed E-state index contributed by atoms with van der Waals surface area (Å²) in [5.74, 6) is 0.0147. The monoisotopic (exact) mass is 353 g/mol. The summed E-state index contributed by atoms with van der Waals surface area (Å²) in [7, 11) is 0. The maximum absolute atomic E-state index is 12.6. The van der Waals surface area contributed by atoms with Gasteiger partial charge in [0.2, 0.25) is 0 Å². The normalized spacial score (nSPS) is 12.0. The maximum atomic E-state index is 12.6. The molecule has 1 heterocycles. The average Bonchev–Trinajstić information content (AvgIpc) is 2.95. The van der Waals surface area contributed by atoms with E-state index in [1.54, 1.807) is 11.6 Å². The first-order chi connectivity index (χ1) is 12.1. The molecule has 0 aliphatic rings. The second kappa shape index (κ2) is 7.53. The van der Waals surface area contributed by atoms with Crippen LogP contribution in [0.25, 0.3) is 5.69 Å². The van der Waals surface area contributed by atoms with E-state index in [4.69, 9.17) is 11.6 Å². The summed E-state index contributed by atoms with van der Waals surface area (Å²) in [4.78, 5) is 12.6. The number of rotatable bonds is 5. The van der Waals surface area contributed by atoms with E-state index in [0.717, 1.165) is 5.69 Å². The standard InChI is InChI=1S/C20H20ClN3O/c1-14(16-9-5-3-6-10-16)13-22-20(25)18-15(2)23-24(19(18)21)17-11-7-4-8-12-17/h3-12,14H,13H2,1-2H3,(H,22,25). The van der Waals surface area contributed by atoms with Crippen molar-refractivity contribution in [1.29, 1.82) is 0 Å². The molecular formula is C20H20ClN3O. The molecule has 5 heteroatoms. The van der Waals surface area contributed by atoms with Gasteiger partial charge < -0.3 is 5.32 Å². The Morgan fingerprint density at radius 1 is 1.12 bits per heavy atom. The van der Waals surface area contributed by atoms with Crippen molar-refractivity contribution in [2.75, 3.05) is 6.54 Å². The summed E-state index contributed by atoms with van der Waals surface area (Å²) < 4.78 is 1.59. The van der Waals surface area contributed by atoms with Crippen LogP contribution in [0.4, 0.5) is 0 Å². The molecular weight excluding hydrogens is 334 g/mol. The predicted octanol–water partition coefficient (Wildman–Crippen LogP) is 4.37. The van der Waals surface area contributed by atoms with Crippen molar-refractivity contribution in [3.63, 3.8) is 0 Å². The van der Waals surface area contributed by atoms with Crippen LogP contribution in [0.5, 0.6) is 0 Å². The van der Waals surface area contributed by atoms with Crippen LogP contribution in [-0.2, 0) is 0 Å². The van der Waals surface area contributed by atoms with Gasteiger partial charge in [0.1, 0.15) is 5.15 Å². The first-order valence-corrected chi connectivity index (χ1v) is 8.59. The third-order valence-electron chi connectivity index (χ3n) is 4.17. The van der Waals surface area contributed by atoms with E-state index >= 15 is 0 Å². The van der Waals surface area contributed by atoms with E-state index in [1.807, 2.05) is 48.5 Å². The van der Waals surface area contributed by atoms with Crippen LogP contribution < -0.4 is 5.32 Å². The summed E-state index contributed by atoms with van der Waals surface area (Å²) in [6.07, 6.45) is 0. The lowest BCUT2D eigenvalue weighted by Crippen LogP contribution is -2.28. The van der Waals surface area contributed by atoms with Crippen LogP contribution in [0.1, 0.15) is 34.5 Å². The lowest BCUT2D eigenvalue weighted by atomic mass is 10.0. The van der Waals surface area contributed by atoms with Crippen LogP contribution in [0.3, 0.4) is 0 Å². The fraction of sp³-hybridized carbons (Fsp3) is 0.200. The van der Waals surface area contributed by atoms with E-state index in [9.17, 15) is 4.79 Å². The number of halogens is 1. The highest BCUT2D eigenvalue weighted by Crippen LogP contribution is 2.23. The minimum atomic E-state index is -0.201. The second-order valence-corrected chi connectivity index (χ2v) is 6.38. The number of carbonyl (C=O) groups excluding carboxylic acids is 1. The lowest BCUT2D eigenvalue weighted by molar-refractivity contribution is 0.0951. The number of para-hydroxylation sites is 1. The van der Waals surface area contributed by atoms with Crippen molar-refractivity contribution in [2.45, 2.75) is 19.8 Å². The molecule has 128 valence electrons. The molecule has 0 aliphatic carbocycles. The zero-order valence-corrected chi connectivity index (χ0v) is 15.0. The van der Waals surface area contributed by atoms with Crippen LogP contribution in [0.2, 0.25) is 5.15 Å². The summed E-state index contributed by atoms with van der Waals surface area (Å²) in [5, 5.41) is 7.70. The first kappa shape index (κ1) is 17.2. The van der Waals surface area contributed by atoms with Crippen LogP contribution in [0, 0.1) is 6.92 Å². The molecule has 0 saturated carbocycles. The fourth-order valence-electron chi connectivity index (χ4n) is 2.73. The van der Waals surface area contributed by atoms with Crippen molar-refractivity contribution in [1.82, 2.24) is 15.1 Å². The Labute approximate surface area is 152 Å². The molecule has 2 aromatic carbocycles. The van der Waals surface area contributed by atoms with E-state index in [2.05, 4.69) is 29.5 Å². The van der Waals surface area contributed by atoms with Gasteiger partial charge in [0.15, 0.2) is 0 Å². The third kappa shape index (κ3) is 3.74. The van der Waals surface area contributed by atoms with E-state index in [1.165, 1.54) is 5.56 Å². The van der Waals surface area contributed by atoms with Gasteiger partial charge in [0.25, 0.3) is 5.91 Å². The van der Waals surface area contributed by atoms with Gasteiger partial charge in [-0.3, -0.25) is 4.79 Å². The number of aryl methyl sites for hydroxylation is 1. The molecule has 0 fully saturated rings. The molecule has 1 atom stereocenters. The third-order valence-corrected chi connectivity index (χ3v) is 4.52. The van der Waals surface area contributed by atoms with Crippen LogP contribution in [0.15, 0.2) is 60.7 Å². The Hall–Kier alpha value is -2.59. The molecule has 4 nitrogen and oxygen atoms in total. The molecule has 25 heavy (non-hydrogen) atoms. The highest BCUT2D eigenvalue weighted by Gasteiger charge is 2.21. The summed E-state index contributed by atoms with van der Waals surface area (Å²) in [6.45, 7) is 4.41. The smallest absolute Gasteiger partial charge is 0.256 e. The topological polar surface area (TPSA) is 46.9 Å². The van der Waals surface area contributed by atoms with Gasteiger partial charge in [0.05, 0.1) is 16.9 Å². The van der Waals surface area contributed by atoms with E-state index in [-0.39, 0.29) is 11.8 Å². The number of amides is 1. The van der Waals surface area contributed by atoms with Crippen molar-refractivity contribution in [2.24, 2.45) is 0 Å². The molecule has 0 aliphatic heterocycles. The molecule has 0 radical (unpaired) electrons. The molecule has 3 aromatic rings. The van der Waals surface area contributed by atoms with Crippen LogP contribution >= 0.6 is 11.6 Å². The van der Waals surface area contributed by atoms with Crippen molar-refractivity contribution < 1.29 is 4.79 Å². The number of nitrogens with one attached hydrogen (secondary N) is 1. The minimum Gasteiger partial charge on any atom is -0.351 e. The number of hydrogen-bond donors (Lipinski definition) is 1. The van der Waals surface area contributed by atoms with E-state index in [0.29, 0.717) is 23.0 Å². The zero-order valence-electron chi connectivity index (χ0n) is 14.2. The van der Waals surface area contributed by atoms with Gasteiger partial charge in [-0.1, -0.05) is 67.1 Å². The number of carbonyl (C=O) groups is 1. The number of nitrogens with zero attached hydrogens (tertiary/aromatic N) is 2. The van der Waals surface area contributed by atoms with Gasteiger partial charge in [0, 0.05) is 6.54 Å². The SMILES string of the molecule is Cc1nn(-c2ccccc2)c(Cl)c1C(=O)NCC(C)c1ccccc1. The van der Waals surface area contributed by atoms with Crippen molar-refractivity contribution in [3.05, 3.63) is 82.6 Å². The Balaban J connectivity index is 1.76. The highest BCUT2D eigenvalue weighted by atomic mass is 35.5. The summed E-state index contributed by atoms with van der Waals surface area (Å²) in [6, 6.07) is 19.6. The minimum absolute atomic E-state index is 0.201. The zero-order chi connectivity index (χ0) is 17.8. The molecule has 0 saturated heterocycles. The fourth-order valence-corrected chi connectivity index (χ4v) is 3.09. The summed E-state index contributed by atoms with van der Waals surface area (Å²) >= 11 is 6.43. The Morgan fingerprint density at radius 2 is 1.72 bits per heavy atom. The summed E-state index contributed by atoms with van der Waals surface area (Å²) in [5.41, 5.74) is 3.04. The van der Waals surface area contributed by atoms with Gasteiger partial charge in [-0.15, -0.1) is 0 Å². The van der Waals surface area contributed by atoms with Gasteiger partial charge in [-0.05, 0) is 30.5 Å². The molecule has 1 unspecified atom stereocenters. The van der Waals surface area contributed by atoms with E-state index < -0.39 is 0 Å². The van der Waals surface area contributed by atoms with Crippen LogP contribution in [-0.4, -0.2) is 22.2 Å². The Bertz CT molecular complexity index is 859. The van der Waals surface area contributed by atoms with Crippen molar-refractivity contribution in [3.8, 4) is 5.69 Å². The number of aromatic nitrogens is 2. The molecule has 0 bridgehead atoms. The quantitative estimate of drug-likeness (QED) is 0.740. The lowest BCUT2D eigenvalue weighted by Gasteiger charge is -2.13.